The maximum Gasteiger partial charge on any atom is 0.233 e. The number of methoxy groups -OCH3 is 1. The molecule has 5 rings (SSSR count). The third kappa shape index (κ3) is 2.50. The molecular weight excluding hydrogens is 328 g/mol. The average Bonchev–Trinajstić information content (AvgIpc) is 3.58. The van der Waals surface area contributed by atoms with Gasteiger partial charge in [-0.3, -0.25) is 4.79 Å². The van der Waals surface area contributed by atoms with Crippen LogP contribution in [-0.2, 0) is 10.2 Å². The van der Waals surface area contributed by atoms with E-state index in [4.69, 9.17) is 4.74 Å². The van der Waals surface area contributed by atoms with Crippen LogP contribution in [0.25, 0.3) is 0 Å². The Bertz CT molecular complexity index is 838. The van der Waals surface area contributed by atoms with Crippen molar-refractivity contribution in [3.63, 3.8) is 0 Å². The second kappa shape index (κ2) is 5.83. The first-order chi connectivity index (χ1) is 12.7. The van der Waals surface area contributed by atoms with E-state index in [1.165, 1.54) is 12.8 Å². The van der Waals surface area contributed by atoms with Gasteiger partial charge in [-0.1, -0.05) is 23.4 Å². The number of amides is 1. The third-order valence-electron chi connectivity index (χ3n) is 6.13. The molecule has 0 N–H and O–H groups in total. The minimum Gasteiger partial charge on any atom is -0.496 e. The van der Waals surface area contributed by atoms with E-state index in [2.05, 4.69) is 16.5 Å². The molecule has 0 radical (unpaired) electrons. The Morgan fingerprint density at radius 3 is 2.77 bits per heavy atom. The molecule has 1 unspecified atom stereocenters. The summed E-state index contributed by atoms with van der Waals surface area (Å²) >= 11 is 0. The van der Waals surface area contributed by atoms with Gasteiger partial charge in [0.05, 0.1) is 24.3 Å². The number of carbonyl (C=O) groups excluding carboxylic acids is 1. The number of para-hydroxylation sites is 1. The molecule has 1 atom stereocenters. The van der Waals surface area contributed by atoms with Gasteiger partial charge in [-0.05, 0) is 38.2 Å². The zero-order valence-electron chi connectivity index (χ0n) is 15.1. The lowest BCUT2D eigenvalue weighted by Crippen LogP contribution is -2.38. The van der Waals surface area contributed by atoms with Crippen LogP contribution in [0, 0.1) is 0 Å². The molecule has 1 aromatic carbocycles. The highest BCUT2D eigenvalue weighted by molar-refractivity contribution is 5.92. The fourth-order valence-electron chi connectivity index (χ4n) is 4.24. The van der Waals surface area contributed by atoms with Crippen LogP contribution in [0.3, 0.4) is 0 Å². The van der Waals surface area contributed by atoms with Crippen molar-refractivity contribution in [1.29, 1.82) is 0 Å². The van der Waals surface area contributed by atoms with E-state index in [1.54, 1.807) is 7.11 Å². The Labute approximate surface area is 153 Å². The minimum absolute atomic E-state index is 0.243. The molecule has 1 saturated heterocycles. The highest BCUT2D eigenvalue weighted by Gasteiger charge is 2.55. The third-order valence-corrected chi connectivity index (χ3v) is 6.13. The van der Waals surface area contributed by atoms with Crippen molar-refractivity contribution < 1.29 is 9.53 Å². The Kier molecular flexibility index (Phi) is 3.55. The van der Waals surface area contributed by atoms with Crippen molar-refractivity contribution in [3.05, 3.63) is 41.7 Å². The second-order valence-electron chi connectivity index (χ2n) is 7.87. The van der Waals surface area contributed by atoms with Crippen LogP contribution in [0.2, 0.25) is 0 Å². The lowest BCUT2D eigenvalue weighted by atomic mass is 9.93. The summed E-state index contributed by atoms with van der Waals surface area (Å²) in [7, 11) is 1.67. The molecule has 0 spiro atoms. The SMILES string of the molecule is COc1ccccc1C1(C(=O)N2CCC(n3cc(C4CC4)nn3)C2)CC1. The molecule has 3 aliphatic rings. The van der Waals surface area contributed by atoms with E-state index < -0.39 is 0 Å². The Morgan fingerprint density at radius 2 is 2.04 bits per heavy atom. The first kappa shape index (κ1) is 15.9. The molecular formula is C20H24N4O2. The van der Waals surface area contributed by atoms with Gasteiger partial charge >= 0.3 is 0 Å². The molecule has 3 fully saturated rings. The van der Waals surface area contributed by atoms with E-state index in [0.29, 0.717) is 5.92 Å². The van der Waals surface area contributed by atoms with Crippen molar-refractivity contribution in [2.45, 2.75) is 49.5 Å². The molecule has 6 heteroatoms. The van der Waals surface area contributed by atoms with Gasteiger partial charge in [-0.25, -0.2) is 4.68 Å². The van der Waals surface area contributed by atoms with E-state index in [9.17, 15) is 4.79 Å². The van der Waals surface area contributed by atoms with E-state index in [1.807, 2.05) is 33.8 Å². The number of ether oxygens (including phenoxy) is 1. The van der Waals surface area contributed by atoms with Crippen LogP contribution >= 0.6 is 0 Å². The fraction of sp³-hybridized carbons (Fsp3) is 0.550. The number of rotatable bonds is 5. The van der Waals surface area contributed by atoms with Gasteiger partial charge in [-0.15, -0.1) is 5.10 Å². The highest BCUT2D eigenvalue weighted by atomic mass is 16.5. The molecule has 1 aromatic heterocycles. The van der Waals surface area contributed by atoms with Gasteiger partial charge in [0.2, 0.25) is 5.91 Å². The lowest BCUT2D eigenvalue weighted by molar-refractivity contribution is -0.133. The van der Waals surface area contributed by atoms with E-state index in [-0.39, 0.29) is 17.4 Å². The van der Waals surface area contributed by atoms with Crippen LogP contribution in [0.15, 0.2) is 30.5 Å². The van der Waals surface area contributed by atoms with Gasteiger partial charge in [-0.2, -0.15) is 0 Å². The molecule has 136 valence electrons. The van der Waals surface area contributed by atoms with Crippen LogP contribution in [0.5, 0.6) is 5.75 Å². The molecule has 2 heterocycles. The van der Waals surface area contributed by atoms with Gasteiger partial charge in [0.25, 0.3) is 0 Å². The predicted octanol–water partition coefficient (Wildman–Crippen LogP) is 2.67. The smallest absolute Gasteiger partial charge is 0.233 e. The molecule has 1 amide bonds. The number of aromatic nitrogens is 3. The molecule has 1 aliphatic heterocycles. The maximum atomic E-state index is 13.3. The van der Waals surface area contributed by atoms with Crippen molar-refractivity contribution >= 4 is 5.91 Å². The summed E-state index contributed by atoms with van der Waals surface area (Å²) in [5, 5.41) is 8.64. The van der Waals surface area contributed by atoms with Crippen molar-refractivity contribution in [2.75, 3.05) is 20.2 Å². The lowest BCUT2D eigenvalue weighted by Gasteiger charge is -2.24. The van der Waals surface area contributed by atoms with Crippen molar-refractivity contribution in [2.24, 2.45) is 0 Å². The predicted molar refractivity (Wildman–Crippen MR) is 96.1 cm³/mol. The zero-order chi connectivity index (χ0) is 17.7. The summed E-state index contributed by atoms with van der Waals surface area (Å²) in [5.41, 5.74) is 1.76. The first-order valence-electron chi connectivity index (χ1n) is 9.56. The van der Waals surface area contributed by atoms with Crippen LogP contribution in [0.4, 0.5) is 0 Å². The van der Waals surface area contributed by atoms with Gasteiger partial charge in [0.1, 0.15) is 5.75 Å². The Morgan fingerprint density at radius 1 is 1.23 bits per heavy atom. The van der Waals surface area contributed by atoms with Crippen LogP contribution in [-0.4, -0.2) is 46.0 Å². The first-order valence-corrected chi connectivity index (χ1v) is 9.56. The maximum absolute atomic E-state index is 13.3. The van der Waals surface area contributed by atoms with Crippen LogP contribution in [0.1, 0.15) is 55.3 Å². The van der Waals surface area contributed by atoms with Gasteiger partial charge in [0.15, 0.2) is 0 Å². The number of carbonyl (C=O) groups is 1. The zero-order valence-corrected chi connectivity index (χ0v) is 15.1. The summed E-state index contributed by atoms with van der Waals surface area (Å²) in [6.07, 6.45) is 7.31. The molecule has 2 aliphatic carbocycles. The molecule has 2 saturated carbocycles. The molecule has 2 aromatic rings. The summed E-state index contributed by atoms with van der Waals surface area (Å²) in [6.45, 7) is 1.52. The number of hydrogen-bond donors (Lipinski definition) is 0. The molecule has 26 heavy (non-hydrogen) atoms. The summed E-state index contributed by atoms with van der Waals surface area (Å²) in [5.74, 6) is 1.68. The largest absolute Gasteiger partial charge is 0.496 e. The Hall–Kier alpha value is -2.37. The van der Waals surface area contributed by atoms with Crippen molar-refractivity contribution in [1.82, 2.24) is 19.9 Å². The standard InChI is InChI=1S/C20H24N4O2/c1-26-18-5-3-2-4-16(18)20(9-10-20)19(25)23-11-8-15(12-23)24-13-17(21-22-24)14-6-7-14/h2-5,13-15H,6-12H2,1H3. The fourth-order valence-corrected chi connectivity index (χ4v) is 4.24. The normalized spacial score (nSPS) is 23.9. The van der Waals surface area contributed by atoms with Gasteiger partial charge in [0, 0.05) is 30.8 Å². The second-order valence-corrected chi connectivity index (χ2v) is 7.87. The van der Waals surface area contributed by atoms with E-state index >= 15 is 0 Å². The van der Waals surface area contributed by atoms with Crippen LogP contribution < -0.4 is 4.74 Å². The van der Waals surface area contributed by atoms with E-state index in [0.717, 1.165) is 49.4 Å². The molecule has 0 bridgehead atoms. The monoisotopic (exact) mass is 352 g/mol. The number of benzene rings is 1. The quantitative estimate of drug-likeness (QED) is 0.830. The summed E-state index contributed by atoms with van der Waals surface area (Å²) in [6, 6.07) is 8.18. The number of hydrogen-bond acceptors (Lipinski definition) is 4. The van der Waals surface area contributed by atoms with Gasteiger partial charge < -0.3 is 9.64 Å². The Balaban J connectivity index is 1.33. The number of likely N-dealkylation sites (tertiary alicyclic amines) is 1. The highest BCUT2D eigenvalue weighted by Crippen LogP contribution is 2.53. The molecule has 6 nitrogen and oxygen atoms in total. The van der Waals surface area contributed by atoms with Crippen molar-refractivity contribution in [3.8, 4) is 5.75 Å². The minimum atomic E-state index is -0.386. The summed E-state index contributed by atoms with van der Waals surface area (Å²) < 4.78 is 7.49. The average molecular weight is 352 g/mol. The number of nitrogens with zero attached hydrogens (tertiary/aromatic N) is 4. The summed E-state index contributed by atoms with van der Waals surface area (Å²) in [4.78, 5) is 15.3. The topological polar surface area (TPSA) is 60.2 Å².